The molecular weight excluding hydrogens is 448 g/mol. The maximum atomic E-state index is 12.8. The van der Waals surface area contributed by atoms with Gasteiger partial charge in [0.15, 0.2) is 11.5 Å². The van der Waals surface area contributed by atoms with Gasteiger partial charge in [-0.3, -0.25) is 9.59 Å². The zero-order valence-corrected chi connectivity index (χ0v) is 18.2. The summed E-state index contributed by atoms with van der Waals surface area (Å²) in [6.07, 6.45) is 2.47. The SMILES string of the molecule is COc1ccc2[nH]cc(CCN3C(=O)C(O)=C(C(C)=O)[C@@H]3c3cccc(Br)c3)c2c1. The van der Waals surface area contributed by atoms with E-state index in [9.17, 15) is 14.7 Å². The average Bonchev–Trinajstić information content (AvgIpc) is 3.24. The summed E-state index contributed by atoms with van der Waals surface area (Å²) < 4.78 is 6.16. The molecule has 2 aromatic carbocycles. The standard InChI is InChI=1S/C23H21BrN2O4/c1-13(27)20-21(14-4-3-5-16(24)10-14)26(23(29)22(20)28)9-8-15-12-25-19-7-6-17(30-2)11-18(15)19/h3-7,10-12,21,25,28H,8-9H2,1-2H3/t21-/m0/s1. The molecule has 1 aromatic heterocycles. The predicted octanol–water partition coefficient (Wildman–Crippen LogP) is 4.47. The number of aliphatic hydroxyl groups excluding tert-OH is 1. The molecule has 154 valence electrons. The lowest BCUT2D eigenvalue weighted by Gasteiger charge is -2.26. The number of nitrogens with zero attached hydrogens (tertiary/aromatic N) is 1. The van der Waals surface area contributed by atoms with Crippen LogP contribution in [0.25, 0.3) is 10.9 Å². The first-order valence-corrected chi connectivity index (χ1v) is 10.3. The highest BCUT2D eigenvalue weighted by Gasteiger charge is 2.42. The van der Waals surface area contributed by atoms with E-state index in [-0.39, 0.29) is 11.4 Å². The molecule has 7 heteroatoms. The van der Waals surface area contributed by atoms with Crippen molar-refractivity contribution < 1.29 is 19.4 Å². The van der Waals surface area contributed by atoms with Crippen LogP contribution in [-0.4, -0.2) is 40.3 Å². The number of amides is 1. The summed E-state index contributed by atoms with van der Waals surface area (Å²) in [5.41, 5.74) is 2.92. The van der Waals surface area contributed by atoms with Crippen LogP contribution in [0.15, 0.2) is 64.5 Å². The molecule has 6 nitrogen and oxygen atoms in total. The van der Waals surface area contributed by atoms with Crippen LogP contribution in [-0.2, 0) is 16.0 Å². The smallest absolute Gasteiger partial charge is 0.290 e. The van der Waals surface area contributed by atoms with Gasteiger partial charge in [-0.25, -0.2) is 0 Å². The fraction of sp³-hybridized carbons (Fsp3) is 0.217. The van der Waals surface area contributed by atoms with Gasteiger partial charge in [0.1, 0.15) is 5.75 Å². The first-order valence-electron chi connectivity index (χ1n) is 9.55. The predicted molar refractivity (Wildman–Crippen MR) is 117 cm³/mol. The topological polar surface area (TPSA) is 82.6 Å². The van der Waals surface area contributed by atoms with Gasteiger partial charge in [-0.2, -0.15) is 0 Å². The summed E-state index contributed by atoms with van der Waals surface area (Å²) in [4.78, 5) is 29.9. The minimum Gasteiger partial charge on any atom is -0.503 e. The van der Waals surface area contributed by atoms with Crippen LogP contribution in [0.1, 0.15) is 24.1 Å². The summed E-state index contributed by atoms with van der Waals surface area (Å²) in [6, 6.07) is 12.6. The highest BCUT2D eigenvalue weighted by atomic mass is 79.9. The minimum atomic E-state index is -0.618. The van der Waals surface area contributed by atoms with Gasteiger partial charge in [0.25, 0.3) is 5.91 Å². The highest BCUT2D eigenvalue weighted by Crippen LogP contribution is 2.38. The van der Waals surface area contributed by atoms with Crippen LogP contribution in [0.4, 0.5) is 0 Å². The fourth-order valence-electron chi connectivity index (χ4n) is 4.00. The number of nitrogens with one attached hydrogen (secondary N) is 1. The molecule has 30 heavy (non-hydrogen) atoms. The van der Waals surface area contributed by atoms with Crippen LogP contribution in [0.3, 0.4) is 0 Å². The van der Waals surface area contributed by atoms with Crippen molar-refractivity contribution in [2.24, 2.45) is 0 Å². The molecule has 0 spiro atoms. The summed E-state index contributed by atoms with van der Waals surface area (Å²) in [6.45, 7) is 1.72. The molecule has 1 aliphatic rings. The number of benzene rings is 2. The molecule has 1 aliphatic heterocycles. The molecule has 0 fully saturated rings. The summed E-state index contributed by atoms with van der Waals surface area (Å²) >= 11 is 3.44. The lowest BCUT2D eigenvalue weighted by atomic mass is 9.96. The molecule has 0 unspecified atom stereocenters. The number of methoxy groups -OCH3 is 1. The molecular formula is C23H21BrN2O4. The van der Waals surface area contributed by atoms with Gasteiger partial charge in [0.2, 0.25) is 0 Å². The summed E-state index contributed by atoms with van der Waals surface area (Å²) in [5, 5.41) is 11.4. The van der Waals surface area contributed by atoms with Gasteiger partial charge in [-0.1, -0.05) is 28.1 Å². The van der Waals surface area contributed by atoms with Crippen molar-refractivity contribution in [3.63, 3.8) is 0 Å². The lowest BCUT2D eigenvalue weighted by molar-refractivity contribution is -0.129. The van der Waals surface area contributed by atoms with E-state index in [1.165, 1.54) is 6.92 Å². The third kappa shape index (κ3) is 3.50. The second kappa shape index (κ2) is 7.99. The van der Waals surface area contributed by atoms with Crippen LogP contribution < -0.4 is 4.74 Å². The third-order valence-electron chi connectivity index (χ3n) is 5.44. The van der Waals surface area contributed by atoms with Gasteiger partial charge in [-0.15, -0.1) is 0 Å². The second-order valence-corrected chi connectivity index (χ2v) is 8.17. The molecule has 0 saturated heterocycles. The van der Waals surface area contributed by atoms with Gasteiger partial charge < -0.3 is 19.7 Å². The fourth-order valence-corrected chi connectivity index (χ4v) is 4.42. The lowest BCUT2D eigenvalue weighted by Crippen LogP contribution is -2.32. The number of carbonyl (C=O) groups is 2. The molecule has 4 rings (SSSR count). The number of Topliss-reactive ketones (excluding diaryl/α,β-unsaturated/α-hetero) is 1. The van der Waals surface area contributed by atoms with Crippen molar-refractivity contribution >= 4 is 38.5 Å². The maximum Gasteiger partial charge on any atom is 0.290 e. The number of H-pyrrole nitrogens is 1. The summed E-state index contributed by atoms with van der Waals surface area (Å²) in [5.74, 6) is -0.549. The Hall–Kier alpha value is -3.06. The Morgan fingerprint density at radius 2 is 2.07 bits per heavy atom. The molecule has 0 saturated carbocycles. The maximum absolute atomic E-state index is 12.8. The molecule has 2 heterocycles. The van der Waals surface area contributed by atoms with Gasteiger partial charge in [0.05, 0.1) is 18.7 Å². The molecule has 2 N–H and O–H groups in total. The van der Waals surface area contributed by atoms with Crippen LogP contribution >= 0.6 is 15.9 Å². The number of ketones is 1. The van der Waals surface area contributed by atoms with Crippen molar-refractivity contribution in [2.45, 2.75) is 19.4 Å². The molecule has 1 amide bonds. The van der Waals surface area contributed by atoms with Crippen molar-refractivity contribution in [2.75, 3.05) is 13.7 Å². The van der Waals surface area contributed by atoms with E-state index < -0.39 is 17.7 Å². The number of rotatable bonds is 6. The van der Waals surface area contributed by atoms with Crippen LogP contribution in [0, 0.1) is 0 Å². The molecule has 1 atom stereocenters. The Morgan fingerprint density at radius 1 is 1.27 bits per heavy atom. The molecule has 0 aliphatic carbocycles. The first-order chi connectivity index (χ1) is 14.4. The van der Waals surface area contributed by atoms with Crippen LogP contribution in [0.2, 0.25) is 0 Å². The van der Waals surface area contributed by atoms with Crippen molar-refractivity contribution in [1.29, 1.82) is 0 Å². The van der Waals surface area contributed by atoms with Gasteiger partial charge in [0, 0.05) is 28.1 Å². The number of aliphatic hydroxyl groups is 1. The monoisotopic (exact) mass is 468 g/mol. The van der Waals surface area contributed by atoms with Crippen LogP contribution in [0.5, 0.6) is 5.75 Å². The van der Waals surface area contributed by atoms with E-state index in [0.717, 1.165) is 32.3 Å². The van der Waals surface area contributed by atoms with E-state index >= 15 is 0 Å². The Kier molecular flexibility index (Phi) is 5.39. The average molecular weight is 469 g/mol. The number of fused-ring (bicyclic) bond motifs is 1. The zero-order valence-electron chi connectivity index (χ0n) is 16.6. The molecule has 0 bridgehead atoms. The Balaban J connectivity index is 1.67. The van der Waals surface area contributed by atoms with E-state index in [4.69, 9.17) is 4.74 Å². The van der Waals surface area contributed by atoms with Gasteiger partial charge in [-0.05, 0) is 54.8 Å². The number of carbonyl (C=O) groups excluding carboxylic acids is 2. The number of ether oxygens (including phenoxy) is 1. The van der Waals surface area contributed by atoms with Crippen molar-refractivity contribution in [3.8, 4) is 5.75 Å². The number of hydrogen-bond acceptors (Lipinski definition) is 4. The van der Waals surface area contributed by atoms with Crippen molar-refractivity contribution in [1.82, 2.24) is 9.88 Å². The Morgan fingerprint density at radius 3 is 2.77 bits per heavy atom. The first kappa shape index (κ1) is 20.2. The van der Waals surface area contributed by atoms with E-state index in [1.54, 1.807) is 12.0 Å². The number of aromatic nitrogens is 1. The normalized spacial score (nSPS) is 16.6. The molecule has 0 radical (unpaired) electrons. The second-order valence-electron chi connectivity index (χ2n) is 7.25. The molecule has 3 aromatic rings. The minimum absolute atomic E-state index is 0.138. The Bertz CT molecular complexity index is 1180. The number of halogens is 1. The van der Waals surface area contributed by atoms with E-state index in [0.29, 0.717) is 13.0 Å². The number of hydrogen-bond donors (Lipinski definition) is 2. The number of aromatic amines is 1. The quantitative estimate of drug-likeness (QED) is 0.559. The summed E-state index contributed by atoms with van der Waals surface area (Å²) in [7, 11) is 1.62. The highest BCUT2D eigenvalue weighted by molar-refractivity contribution is 9.10. The zero-order chi connectivity index (χ0) is 21.4. The van der Waals surface area contributed by atoms with E-state index in [2.05, 4.69) is 20.9 Å². The third-order valence-corrected chi connectivity index (χ3v) is 5.94. The Labute approximate surface area is 182 Å². The van der Waals surface area contributed by atoms with Gasteiger partial charge >= 0.3 is 0 Å². The largest absolute Gasteiger partial charge is 0.503 e. The van der Waals surface area contributed by atoms with E-state index in [1.807, 2.05) is 48.7 Å². The van der Waals surface area contributed by atoms with Crippen molar-refractivity contribution in [3.05, 3.63) is 75.6 Å².